The van der Waals surface area contributed by atoms with Crippen LogP contribution in [0.25, 0.3) is 0 Å². The first-order valence-corrected chi connectivity index (χ1v) is 7.35. The number of nitrogens with one attached hydrogen (secondary N) is 1. The molecule has 0 radical (unpaired) electrons. The fourth-order valence-electron chi connectivity index (χ4n) is 1.64. The molecule has 0 fully saturated rings. The zero-order chi connectivity index (χ0) is 18.1. The minimum absolute atomic E-state index is 0.233. The van der Waals surface area contributed by atoms with Gasteiger partial charge in [0.05, 0.1) is 13.2 Å². The zero-order valence-corrected chi connectivity index (χ0v) is 14.1. The molecule has 4 N–H and O–H groups in total. The van der Waals surface area contributed by atoms with E-state index in [1.807, 2.05) is 42.3 Å². The Labute approximate surface area is 137 Å². The molecule has 0 heterocycles. The summed E-state index contributed by atoms with van der Waals surface area (Å²) in [6.07, 6.45) is -2.26. The van der Waals surface area contributed by atoms with Crippen LogP contribution in [0, 0.1) is 0 Å². The minimum atomic E-state index is -1.15. The van der Waals surface area contributed by atoms with Gasteiger partial charge in [0, 0.05) is 26.7 Å². The molecule has 0 bridgehead atoms. The molecule has 2 unspecified atom stereocenters. The Bertz CT molecular complexity index is 345. The lowest BCUT2D eigenvalue weighted by Crippen LogP contribution is -2.28. The first-order valence-electron chi connectivity index (χ1n) is 7.35. The predicted molar refractivity (Wildman–Crippen MR) is 88.8 cm³/mol. The summed E-state index contributed by atoms with van der Waals surface area (Å²) in [4.78, 5) is 1.86. The average molecular weight is 336 g/mol. The van der Waals surface area contributed by atoms with E-state index in [1.165, 1.54) is 0 Å². The summed E-state index contributed by atoms with van der Waals surface area (Å²) < 4.78 is 24.6. The van der Waals surface area contributed by atoms with Crippen LogP contribution in [0.3, 0.4) is 0 Å². The third-order valence-electron chi connectivity index (χ3n) is 2.63. The molecule has 1 aromatic carbocycles. The summed E-state index contributed by atoms with van der Waals surface area (Å²) in [5, 5.41) is 26.2. The summed E-state index contributed by atoms with van der Waals surface area (Å²) in [5.74, 6) is 0. The van der Waals surface area contributed by atoms with Crippen molar-refractivity contribution in [3.63, 3.8) is 0 Å². The number of aliphatic hydroxyl groups is 3. The van der Waals surface area contributed by atoms with Gasteiger partial charge in [-0.25, -0.2) is 8.78 Å². The summed E-state index contributed by atoms with van der Waals surface area (Å²) in [7, 11) is 4.48. The maximum Gasteiger partial charge on any atom is 0.136 e. The number of hydrogen-bond donors (Lipinski definition) is 4. The van der Waals surface area contributed by atoms with Crippen molar-refractivity contribution >= 4 is 0 Å². The lowest BCUT2D eigenvalue weighted by Gasteiger charge is -2.17. The molecule has 23 heavy (non-hydrogen) atoms. The second kappa shape index (κ2) is 17.2. The van der Waals surface area contributed by atoms with Crippen molar-refractivity contribution in [1.29, 1.82) is 0 Å². The quantitative estimate of drug-likeness (QED) is 0.559. The number of alkyl halides is 2. The number of aliphatic hydroxyl groups excluding tert-OH is 3. The van der Waals surface area contributed by atoms with E-state index in [-0.39, 0.29) is 19.7 Å². The standard InChI is InChI=1S/C11H16FNO.C4H10FNO.CH4O/c1-13(8-11(12)9-14)7-10-5-3-2-4-6-10;1-6-2-4(5)3-7;1-2/h2-6,11,14H,7-9H2,1H3;4,6-7H,2-3H2,1H3;2H,1H3. The molecule has 1 aromatic rings. The normalized spacial score (nSPS) is 12.6. The Balaban J connectivity index is 0. The lowest BCUT2D eigenvalue weighted by molar-refractivity contribution is 0.136. The topological polar surface area (TPSA) is 76.0 Å². The molecule has 1 rings (SSSR count). The Morgan fingerprint density at radius 1 is 1.04 bits per heavy atom. The maximum absolute atomic E-state index is 12.8. The highest BCUT2D eigenvalue weighted by Gasteiger charge is 2.08. The summed E-state index contributed by atoms with van der Waals surface area (Å²) in [6.45, 7) is 0.420. The van der Waals surface area contributed by atoms with Crippen molar-refractivity contribution in [2.45, 2.75) is 18.9 Å². The second-order valence-corrected chi connectivity index (χ2v) is 4.80. The van der Waals surface area contributed by atoms with E-state index in [0.717, 1.165) is 12.7 Å². The highest BCUT2D eigenvalue weighted by atomic mass is 19.1. The van der Waals surface area contributed by atoms with Crippen LogP contribution in [0.5, 0.6) is 0 Å². The largest absolute Gasteiger partial charge is 0.400 e. The molecule has 0 aliphatic carbocycles. The van der Waals surface area contributed by atoms with Gasteiger partial charge in [0.2, 0.25) is 0 Å². The number of rotatable bonds is 8. The molecule has 0 aliphatic rings. The third kappa shape index (κ3) is 15.5. The van der Waals surface area contributed by atoms with Crippen LogP contribution in [0.2, 0.25) is 0 Å². The van der Waals surface area contributed by atoms with Crippen LogP contribution in [0.1, 0.15) is 5.56 Å². The Morgan fingerprint density at radius 2 is 1.57 bits per heavy atom. The molecule has 5 nitrogen and oxygen atoms in total. The summed E-state index contributed by atoms with van der Waals surface area (Å²) in [6, 6.07) is 9.88. The Morgan fingerprint density at radius 3 is 1.96 bits per heavy atom. The van der Waals surface area contributed by atoms with Crippen LogP contribution in [0.4, 0.5) is 8.78 Å². The van der Waals surface area contributed by atoms with Gasteiger partial charge in [-0.15, -0.1) is 0 Å². The van der Waals surface area contributed by atoms with E-state index in [0.29, 0.717) is 6.54 Å². The molecule has 0 aliphatic heterocycles. The molecule has 136 valence electrons. The van der Waals surface area contributed by atoms with Crippen LogP contribution in [0.15, 0.2) is 30.3 Å². The van der Waals surface area contributed by atoms with E-state index < -0.39 is 19.0 Å². The smallest absolute Gasteiger partial charge is 0.136 e. The molecule has 0 saturated heterocycles. The van der Waals surface area contributed by atoms with Gasteiger partial charge in [-0.2, -0.15) is 0 Å². The van der Waals surface area contributed by atoms with Crippen LogP contribution >= 0.6 is 0 Å². The summed E-state index contributed by atoms with van der Waals surface area (Å²) in [5.41, 5.74) is 1.15. The average Bonchev–Trinajstić information content (AvgIpc) is 2.58. The predicted octanol–water partition coefficient (Wildman–Crippen LogP) is 0.594. The van der Waals surface area contributed by atoms with E-state index in [9.17, 15) is 8.78 Å². The van der Waals surface area contributed by atoms with E-state index in [1.54, 1.807) is 7.05 Å². The van der Waals surface area contributed by atoms with Gasteiger partial charge >= 0.3 is 0 Å². The first-order chi connectivity index (χ1) is 11.0. The molecule has 0 spiro atoms. The summed E-state index contributed by atoms with van der Waals surface area (Å²) >= 11 is 0. The Hall–Kier alpha value is -1.12. The van der Waals surface area contributed by atoms with E-state index in [4.69, 9.17) is 15.3 Å². The van der Waals surface area contributed by atoms with E-state index in [2.05, 4.69) is 5.32 Å². The highest BCUT2D eigenvalue weighted by Crippen LogP contribution is 2.03. The van der Waals surface area contributed by atoms with Gasteiger partial charge in [0.1, 0.15) is 12.3 Å². The molecular weight excluding hydrogens is 306 g/mol. The number of benzene rings is 1. The second-order valence-electron chi connectivity index (χ2n) is 4.80. The van der Waals surface area contributed by atoms with Crippen molar-refractivity contribution in [2.24, 2.45) is 0 Å². The SMILES string of the molecule is CN(Cc1ccccc1)CC(F)CO.CNCC(F)CO.CO. The lowest BCUT2D eigenvalue weighted by atomic mass is 10.2. The van der Waals surface area contributed by atoms with E-state index >= 15 is 0 Å². The Kier molecular flexibility index (Phi) is 18.1. The minimum Gasteiger partial charge on any atom is -0.400 e. The molecule has 7 heteroatoms. The fourth-order valence-corrected chi connectivity index (χ4v) is 1.64. The number of nitrogens with zero attached hydrogens (tertiary/aromatic N) is 1. The van der Waals surface area contributed by atoms with Gasteiger partial charge in [-0.3, -0.25) is 4.90 Å². The van der Waals surface area contributed by atoms with Gasteiger partial charge in [-0.05, 0) is 19.7 Å². The van der Waals surface area contributed by atoms with Gasteiger partial charge in [-0.1, -0.05) is 30.3 Å². The van der Waals surface area contributed by atoms with Crippen LogP contribution < -0.4 is 5.32 Å². The van der Waals surface area contributed by atoms with Crippen LogP contribution in [-0.2, 0) is 6.54 Å². The fraction of sp³-hybridized carbons (Fsp3) is 0.625. The maximum atomic E-state index is 12.8. The molecule has 2 atom stereocenters. The number of halogens is 2. The van der Waals surface area contributed by atoms with Crippen molar-refractivity contribution in [2.75, 3.05) is 47.5 Å². The molecule has 0 saturated carbocycles. The highest BCUT2D eigenvalue weighted by molar-refractivity contribution is 5.14. The molecular formula is C16H30F2N2O3. The van der Waals surface area contributed by atoms with Crippen molar-refractivity contribution in [1.82, 2.24) is 10.2 Å². The van der Waals surface area contributed by atoms with Crippen LogP contribution in [-0.4, -0.2) is 80.1 Å². The van der Waals surface area contributed by atoms with Gasteiger partial charge in [0.15, 0.2) is 0 Å². The molecule has 0 amide bonds. The van der Waals surface area contributed by atoms with Gasteiger partial charge in [0.25, 0.3) is 0 Å². The van der Waals surface area contributed by atoms with Gasteiger partial charge < -0.3 is 20.6 Å². The first kappa shape index (κ1) is 24.1. The number of hydrogen-bond acceptors (Lipinski definition) is 5. The molecule has 0 aromatic heterocycles. The van der Waals surface area contributed by atoms with Crippen molar-refractivity contribution < 1.29 is 24.1 Å². The van der Waals surface area contributed by atoms with Crippen molar-refractivity contribution in [3.05, 3.63) is 35.9 Å². The third-order valence-corrected chi connectivity index (χ3v) is 2.63. The zero-order valence-electron chi connectivity index (χ0n) is 14.1. The monoisotopic (exact) mass is 336 g/mol. The van der Waals surface area contributed by atoms with Crippen molar-refractivity contribution in [3.8, 4) is 0 Å².